The lowest BCUT2D eigenvalue weighted by atomic mass is 9.83. The minimum Gasteiger partial charge on any atom is -0.394 e. The Hall–Kier alpha value is -1.97. The van der Waals surface area contributed by atoms with Gasteiger partial charge in [0.05, 0.1) is 19.0 Å². The number of ether oxygens (including phenoxy) is 1. The van der Waals surface area contributed by atoms with Crippen LogP contribution in [0.3, 0.4) is 0 Å². The van der Waals surface area contributed by atoms with Crippen LogP contribution in [-0.4, -0.2) is 48.1 Å². The summed E-state index contributed by atoms with van der Waals surface area (Å²) >= 11 is 0. The number of hydrogen-bond donors (Lipinski definition) is 3. The second kappa shape index (κ2) is 44.1. The molecule has 1 saturated heterocycles. The standard InChI is InChI=1S/C64H121N5O4/c1-4-7-10-13-16-19-22-25-28-31-34-37-40-43-46-49-52-57-60(71)58(55-70)73-64(57,53-50-47-44-41-38-35-32-29-26-23-20-17-14-11-8-5-2)69-56-66-59-61(69)67-63(65)68(62(59)72)54-51-48-45-42-39-36-33-30-27-24-21-18-15-12-9-6-3/h56-58,60,70-71H,4-55H2,1-3H3,(H2,65,67)/t57?,58-,60+,64-/m1/s1. The first-order valence-electron chi connectivity index (χ1n) is 32.7. The number of nitrogens with zero attached hydrogens (tertiary/aromatic N) is 4. The highest BCUT2D eigenvalue weighted by molar-refractivity contribution is 5.71. The molecule has 0 radical (unpaired) electrons. The molecule has 2 aromatic heterocycles. The second-order valence-corrected chi connectivity index (χ2v) is 23.4. The van der Waals surface area contributed by atoms with Crippen LogP contribution in [0.25, 0.3) is 11.2 Å². The Balaban J connectivity index is 1.53. The number of anilines is 1. The van der Waals surface area contributed by atoms with E-state index in [9.17, 15) is 15.0 Å². The predicted molar refractivity (Wildman–Crippen MR) is 314 cm³/mol. The fraction of sp³-hybridized carbons (Fsp3) is 0.922. The Kier molecular flexibility index (Phi) is 39.4. The normalized spacial score (nSPS) is 18.0. The van der Waals surface area contributed by atoms with E-state index in [1.165, 1.54) is 270 Å². The molecule has 1 aliphatic heterocycles. The third kappa shape index (κ3) is 27.3. The van der Waals surface area contributed by atoms with Crippen LogP contribution in [0.5, 0.6) is 0 Å². The number of nitrogens with two attached hydrogens (primary N) is 1. The molecular formula is C64H121N5O4. The average molecular weight is 1020 g/mol. The van der Waals surface area contributed by atoms with Gasteiger partial charge in [-0.05, 0) is 25.7 Å². The van der Waals surface area contributed by atoms with Gasteiger partial charge >= 0.3 is 0 Å². The van der Waals surface area contributed by atoms with Gasteiger partial charge in [0.15, 0.2) is 16.9 Å². The zero-order chi connectivity index (χ0) is 52.3. The molecular weight excluding hydrogens is 903 g/mol. The number of imidazole rings is 1. The lowest BCUT2D eigenvalue weighted by molar-refractivity contribution is -0.135. The van der Waals surface area contributed by atoms with Crippen LogP contribution < -0.4 is 11.3 Å². The number of fused-ring (bicyclic) bond motifs is 1. The number of rotatable bonds is 53. The highest BCUT2D eigenvalue weighted by atomic mass is 16.6. The Bertz CT molecular complexity index is 1610. The molecule has 0 saturated carbocycles. The monoisotopic (exact) mass is 1020 g/mol. The van der Waals surface area contributed by atoms with Crippen molar-refractivity contribution in [2.24, 2.45) is 5.92 Å². The van der Waals surface area contributed by atoms with Gasteiger partial charge in [0.1, 0.15) is 6.10 Å². The van der Waals surface area contributed by atoms with Crippen molar-refractivity contribution < 1.29 is 14.9 Å². The number of aliphatic hydroxyl groups is 2. The number of unbranched alkanes of at least 4 members (excludes halogenated alkanes) is 45. The average Bonchev–Trinajstić information content (AvgIpc) is 3.94. The molecule has 426 valence electrons. The molecule has 0 spiro atoms. The summed E-state index contributed by atoms with van der Waals surface area (Å²) in [6, 6.07) is 0. The lowest BCUT2D eigenvalue weighted by Gasteiger charge is -2.37. The quantitative estimate of drug-likeness (QED) is 0.0563. The summed E-state index contributed by atoms with van der Waals surface area (Å²) in [5.41, 5.74) is 6.23. The molecule has 3 rings (SSSR count). The number of hydrogen-bond acceptors (Lipinski definition) is 7. The zero-order valence-electron chi connectivity index (χ0n) is 48.7. The lowest BCUT2D eigenvalue weighted by Crippen LogP contribution is -2.42. The van der Waals surface area contributed by atoms with Gasteiger partial charge < -0.3 is 20.7 Å². The molecule has 1 fully saturated rings. The Morgan fingerprint density at radius 1 is 0.507 bits per heavy atom. The number of aliphatic hydroxyl groups excluding tert-OH is 2. The molecule has 0 aromatic carbocycles. The van der Waals surface area contributed by atoms with Gasteiger partial charge in [-0.15, -0.1) is 0 Å². The van der Waals surface area contributed by atoms with E-state index < -0.39 is 17.9 Å². The van der Waals surface area contributed by atoms with Crippen LogP contribution in [0, 0.1) is 5.92 Å². The van der Waals surface area contributed by atoms with Crippen molar-refractivity contribution in [2.75, 3.05) is 12.3 Å². The molecule has 9 heteroatoms. The van der Waals surface area contributed by atoms with Crippen molar-refractivity contribution in [3.63, 3.8) is 0 Å². The fourth-order valence-electron chi connectivity index (χ4n) is 12.2. The minimum absolute atomic E-state index is 0.202. The van der Waals surface area contributed by atoms with E-state index in [1.54, 1.807) is 10.9 Å². The Labute approximate surface area is 450 Å². The van der Waals surface area contributed by atoms with Crippen LogP contribution >= 0.6 is 0 Å². The highest BCUT2D eigenvalue weighted by Crippen LogP contribution is 2.48. The molecule has 1 unspecified atom stereocenters. The maximum Gasteiger partial charge on any atom is 0.283 e. The van der Waals surface area contributed by atoms with Gasteiger partial charge in [0, 0.05) is 12.5 Å². The third-order valence-corrected chi connectivity index (χ3v) is 17.0. The van der Waals surface area contributed by atoms with Crippen molar-refractivity contribution in [3.8, 4) is 0 Å². The molecule has 3 heterocycles. The van der Waals surface area contributed by atoms with Crippen molar-refractivity contribution >= 4 is 17.1 Å². The fourth-order valence-corrected chi connectivity index (χ4v) is 12.2. The second-order valence-electron chi connectivity index (χ2n) is 23.4. The molecule has 0 bridgehead atoms. The molecule has 4 atom stereocenters. The van der Waals surface area contributed by atoms with Crippen LogP contribution in [0.4, 0.5) is 5.95 Å². The van der Waals surface area contributed by atoms with E-state index in [4.69, 9.17) is 20.4 Å². The number of nitrogen functional groups attached to an aromatic ring is 1. The van der Waals surface area contributed by atoms with Crippen LogP contribution in [0.1, 0.15) is 342 Å². The first-order valence-corrected chi connectivity index (χ1v) is 32.7. The van der Waals surface area contributed by atoms with E-state index in [1.807, 2.05) is 4.57 Å². The molecule has 2 aromatic rings. The van der Waals surface area contributed by atoms with Crippen molar-refractivity contribution in [2.45, 2.75) is 366 Å². The van der Waals surface area contributed by atoms with Crippen molar-refractivity contribution in [1.29, 1.82) is 0 Å². The molecule has 0 amide bonds. The van der Waals surface area contributed by atoms with Gasteiger partial charge in [-0.3, -0.25) is 13.9 Å². The largest absolute Gasteiger partial charge is 0.394 e. The Morgan fingerprint density at radius 3 is 1.19 bits per heavy atom. The third-order valence-electron chi connectivity index (χ3n) is 17.0. The molecule has 4 N–H and O–H groups in total. The molecule has 9 nitrogen and oxygen atoms in total. The van der Waals surface area contributed by atoms with E-state index in [0.717, 1.165) is 44.9 Å². The van der Waals surface area contributed by atoms with Crippen molar-refractivity contribution in [3.05, 3.63) is 16.7 Å². The summed E-state index contributed by atoms with van der Waals surface area (Å²) in [7, 11) is 0. The first-order chi connectivity index (χ1) is 35.9. The van der Waals surface area contributed by atoms with E-state index >= 15 is 0 Å². The molecule has 1 aliphatic rings. The zero-order valence-corrected chi connectivity index (χ0v) is 48.7. The van der Waals surface area contributed by atoms with Crippen LogP contribution in [0.15, 0.2) is 11.1 Å². The summed E-state index contributed by atoms with van der Waals surface area (Å²) in [4.78, 5) is 23.8. The predicted octanol–water partition coefficient (Wildman–Crippen LogP) is 18.8. The highest BCUT2D eigenvalue weighted by Gasteiger charge is 2.55. The number of aromatic nitrogens is 4. The van der Waals surface area contributed by atoms with Gasteiger partial charge in [0.25, 0.3) is 5.56 Å². The molecule has 0 aliphatic carbocycles. The summed E-state index contributed by atoms with van der Waals surface area (Å²) in [5.74, 6) is -0.0510. The summed E-state index contributed by atoms with van der Waals surface area (Å²) in [6.07, 6.45) is 64.4. The van der Waals surface area contributed by atoms with Gasteiger partial charge in [-0.2, -0.15) is 4.98 Å². The molecule has 73 heavy (non-hydrogen) atoms. The van der Waals surface area contributed by atoms with Crippen LogP contribution in [0.2, 0.25) is 0 Å². The minimum atomic E-state index is -0.973. The van der Waals surface area contributed by atoms with E-state index in [2.05, 4.69) is 20.8 Å². The SMILES string of the molecule is CCCCCCCCCCCCCCCCCCC1[C@H](O)[C@@H](CO)O[C@@]1(CCCCCCCCCCCCCCCCCC)n1cnc2c(=O)n(CCCCCCCCCCCCCCCCCC)c(N)nc21. The topological polar surface area (TPSA) is 128 Å². The van der Waals surface area contributed by atoms with E-state index in [0.29, 0.717) is 24.1 Å². The first kappa shape index (κ1) is 65.3. The maximum atomic E-state index is 14.1. The summed E-state index contributed by atoms with van der Waals surface area (Å²) < 4.78 is 10.4. The van der Waals surface area contributed by atoms with Gasteiger partial charge in [0.2, 0.25) is 5.95 Å². The Morgan fingerprint density at radius 2 is 0.836 bits per heavy atom. The smallest absolute Gasteiger partial charge is 0.283 e. The van der Waals surface area contributed by atoms with Crippen molar-refractivity contribution in [1.82, 2.24) is 19.1 Å². The van der Waals surface area contributed by atoms with E-state index in [-0.39, 0.29) is 24.0 Å². The van der Waals surface area contributed by atoms with Crippen LogP contribution in [-0.2, 0) is 17.0 Å². The summed E-state index contributed by atoms with van der Waals surface area (Å²) in [5, 5.41) is 22.5. The van der Waals surface area contributed by atoms with Gasteiger partial charge in [-0.25, -0.2) is 4.98 Å². The van der Waals surface area contributed by atoms with Gasteiger partial charge in [-0.1, -0.05) is 316 Å². The maximum absolute atomic E-state index is 14.1. The summed E-state index contributed by atoms with van der Waals surface area (Å²) in [6.45, 7) is 7.14.